The predicted molar refractivity (Wildman–Crippen MR) is 75.5 cm³/mol. The Hall–Kier alpha value is -1.89. The number of nitrogens with one attached hydrogen (secondary N) is 1. The Morgan fingerprint density at radius 3 is 2.42 bits per heavy atom. The van der Waals surface area contributed by atoms with Crippen molar-refractivity contribution in [3.63, 3.8) is 0 Å². The maximum atomic E-state index is 12.4. The Morgan fingerprint density at radius 1 is 1.37 bits per heavy atom. The number of anilines is 1. The van der Waals surface area contributed by atoms with Crippen molar-refractivity contribution in [2.75, 3.05) is 5.32 Å². The minimum absolute atomic E-state index is 0.218. The summed E-state index contributed by atoms with van der Waals surface area (Å²) in [5.74, 6) is -0.218. The molecule has 0 aliphatic carbocycles. The van der Waals surface area contributed by atoms with E-state index in [4.69, 9.17) is 0 Å². The van der Waals surface area contributed by atoms with E-state index in [-0.39, 0.29) is 5.91 Å². The zero-order valence-electron chi connectivity index (χ0n) is 11.9. The Kier molecular flexibility index (Phi) is 5.50. The molecule has 102 valence electrons. The van der Waals surface area contributed by atoms with E-state index in [1.165, 1.54) is 0 Å². The van der Waals surface area contributed by atoms with Crippen molar-refractivity contribution in [1.82, 2.24) is 4.98 Å². The second kappa shape index (κ2) is 6.89. The lowest BCUT2D eigenvalue weighted by Gasteiger charge is -2.24. The van der Waals surface area contributed by atoms with Gasteiger partial charge in [0.15, 0.2) is 0 Å². The third kappa shape index (κ3) is 3.78. The van der Waals surface area contributed by atoms with Gasteiger partial charge in [0, 0.05) is 5.69 Å². The fourth-order valence-electron chi connectivity index (χ4n) is 2.16. The number of nitrogens with zero attached hydrogens (tertiary/aromatic N) is 2. The highest BCUT2D eigenvalue weighted by molar-refractivity contribution is 5.97. The number of hydrogen-bond donors (Lipinski definition) is 1. The van der Waals surface area contributed by atoms with Crippen molar-refractivity contribution in [1.29, 1.82) is 5.26 Å². The number of pyridine rings is 1. The van der Waals surface area contributed by atoms with Crippen LogP contribution in [0.15, 0.2) is 18.3 Å². The summed E-state index contributed by atoms with van der Waals surface area (Å²) in [6.07, 6.45) is 4.42. The van der Waals surface area contributed by atoms with Crippen molar-refractivity contribution in [3.8, 4) is 6.07 Å². The highest BCUT2D eigenvalue weighted by atomic mass is 16.2. The molecular formula is C15H21N3O. The van der Waals surface area contributed by atoms with Gasteiger partial charge in [0.05, 0.1) is 18.0 Å². The van der Waals surface area contributed by atoms with Crippen LogP contribution in [0.2, 0.25) is 0 Å². The number of aryl methyl sites for hydroxylation is 1. The molecule has 0 bridgehead atoms. The van der Waals surface area contributed by atoms with Gasteiger partial charge in [0.2, 0.25) is 5.91 Å². The molecule has 1 heterocycles. The molecule has 0 spiro atoms. The van der Waals surface area contributed by atoms with E-state index in [0.29, 0.717) is 18.5 Å². The largest absolute Gasteiger partial charge is 0.323 e. The van der Waals surface area contributed by atoms with Crippen LogP contribution in [0.3, 0.4) is 0 Å². The van der Waals surface area contributed by atoms with Crippen LogP contribution in [-0.4, -0.2) is 10.9 Å². The van der Waals surface area contributed by atoms with Crippen molar-refractivity contribution >= 4 is 11.6 Å². The molecule has 1 rings (SSSR count). The molecule has 0 aliphatic rings. The molecule has 0 aliphatic heterocycles. The van der Waals surface area contributed by atoms with Crippen LogP contribution in [-0.2, 0) is 4.79 Å². The van der Waals surface area contributed by atoms with E-state index in [0.717, 1.165) is 18.5 Å². The van der Waals surface area contributed by atoms with Gasteiger partial charge < -0.3 is 5.32 Å². The molecule has 0 saturated carbocycles. The van der Waals surface area contributed by atoms with Crippen LogP contribution in [0, 0.1) is 23.7 Å². The molecular weight excluding hydrogens is 238 g/mol. The summed E-state index contributed by atoms with van der Waals surface area (Å²) in [5.41, 5.74) is 0.614. The van der Waals surface area contributed by atoms with E-state index in [9.17, 15) is 10.1 Å². The van der Waals surface area contributed by atoms with Gasteiger partial charge in [-0.15, -0.1) is 0 Å². The summed E-state index contributed by atoms with van der Waals surface area (Å²) in [7, 11) is 0. The zero-order chi connectivity index (χ0) is 14.3. The fraction of sp³-hybridized carbons (Fsp3) is 0.533. The van der Waals surface area contributed by atoms with Crippen molar-refractivity contribution in [3.05, 3.63) is 24.0 Å². The van der Waals surface area contributed by atoms with Crippen molar-refractivity contribution in [2.45, 2.75) is 46.5 Å². The molecule has 19 heavy (non-hydrogen) atoms. The summed E-state index contributed by atoms with van der Waals surface area (Å²) < 4.78 is 0. The molecule has 0 unspecified atom stereocenters. The average Bonchev–Trinajstić information content (AvgIpc) is 2.41. The third-order valence-electron chi connectivity index (χ3n) is 3.17. The topological polar surface area (TPSA) is 65.8 Å². The molecule has 1 amide bonds. The molecule has 0 aromatic carbocycles. The number of rotatable bonds is 6. The highest BCUT2D eigenvalue weighted by Crippen LogP contribution is 2.30. The molecule has 4 nitrogen and oxygen atoms in total. The number of aromatic nitrogens is 1. The van der Waals surface area contributed by atoms with E-state index >= 15 is 0 Å². The first kappa shape index (κ1) is 15.2. The molecule has 4 heteroatoms. The second-order valence-electron chi connectivity index (χ2n) is 4.84. The van der Waals surface area contributed by atoms with Crippen LogP contribution in [0.1, 0.15) is 45.2 Å². The van der Waals surface area contributed by atoms with Gasteiger partial charge in [-0.25, -0.2) is 0 Å². The average molecular weight is 259 g/mol. The van der Waals surface area contributed by atoms with Gasteiger partial charge in [-0.3, -0.25) is 9.78 Å². The van der Waals surface area contributed by atoms with Crippen molar-refractivity contribution < 1.29 is 4.79 Å². The lowest BCUT2D eigenvalue weighted by molar-refractivity contribution is -0.123. The molecule has 1 aromatic heterocycles. The SMILES string of the molecule is CCCC(C#N)(CCC)C(=O)Nc1ccc(C)nc1. The summed E-state index contributed by atoms with van der Waals surface area (Å²) >= 11 is 0. The lowest BCUT2D eigenvalue weighted by atomic mass is 9.79. The normalized spacial score (nSPS) is 10.8. The smallest absolute Gasteiger partial charge is 0.244 e. The number of carbonyl (C=O) groups is 1. The monoisotopic (exact) mass is 259 g/mol. The number of nitriles is 1. The number of hydrogen-bond acceptors (Lipinski definition) is 3. The molecule has 1 N–H and O–H groups in total. The van der Waals surface area contributed by atoms with Crippen LogP contribution in [0.4, 0.5) is 5.69 Å². The third-order valence-corrected chi connectivity index (χ3v) is 3.17. The van der Waals surface area contributed by atoms with E-state index < -0.39 is 5.41 Å². The van der Waals surface area contributed by atoms with E-state index in [1.54, 1.807) is 12.3 Å². The van der Waals surface area contributed by atoms with Crippen LogP contribution >= 0.6 is 0 Å². The van der Waals surface area contributed by atoms with Crippen LogP contribution in [0.25, 0.3) is 0 Å². The quantitative estimate of drug-likeness (QED) is 0.851. The van der Waals surface area contributed by atoms with E-state index in [2.05, 4.69) is 16.4 Å². The minimum atomic E-state index is -0.922. The summed E-state index contributed by atoms with van der Waals surface area (Å²) in [6, 6.07) is 5.86. The van der Waals surface area contributed by atoms with E-state index in [1.807, 2.05) is 26.8 Å². The first-order chi connectivity index (χ1) is 9.07. The first-order valence-electron chi connectivity index (χ1n) is 6.73. The van der Waals surface area contributed by atoms with Crippen LogP contribution < -0.4 is 5.32 Å². The molecule has 0 atom stereocenters. The first-order valence-corrected chi connectivity index (χ1v) is 6.73. The Morgan fingerprint density at radius 2 is 2.00 bits per heavy atom. The van der Waals surface area contributed by atoms with Gasteiger partial charge in [-0.1, -0.05) is 26.7 Å². The lowest BCUT2D eigenvalue weighted by Crippen LogP contribution is -2.35. The predicted octanol–water partition coefficient (Wildman–Crippen LogP) is 3.44. The maximum Gasteiger partial charge on any atom is 0.244 e. The van der Waals surface area contributed by atoms with Gasteiger partial charge >= 0.3 is 0 Å². The summed E-state index contributed by atoms with van der Waals surface area (Å²) in [5, 5.41) is 12.2. The Balaban J connectivity index is 2.88. The van der Waals surface area contributed by atoms with Gasteiger partial charge in [-0.05, 0) is 31.9 Å². The van der Waals surface area contributed by atoms with Gasteiger partial charge in [0.25, 0.3) is 0 Å². The standard InChI is InChI=1S/C15H21N3O/c1-4-8-15(11-16,9-5-2)14(19)18-13-7-6-12(3)17-10-13/h6-7,10H,4-5,8-9H2,1-3H3,(H,18,19). The highest BCUT2D eigenvalue weighted by Gasteiger charge is 2.36. The Labute approximate surface area is 114 Å². The summed E-state index contributed by atoms with van der Waals surface area (Å²) in [4.78, 5) is 16.5. The minimum Gasteiger partial charge on any atom is -0.323 e. The Bertz CT molecular complexity index is 453. The zero-order valence-corrected chi connectivity index (χ0v) is 11.9. The number of amides is 1. The number of carbonyl (C=O) groups excluding carboxylic acids is 1. The molecule has 0 fully saturated rings. The molecule has 0 saturated heterocycles. The fourth-order valence-corrected chi connectivity index (χ4v) is 2.16. The summed E-state index contributed by atoms with van der Waals surface area (Å²) in [6.45, 7) is 5.87. The maximum absolute atomic E-state index is 12.4. The van der Waals surface area contributed by atoms with Gasteiger partial charge in [-0.2, -0.15) is 5.26 Å². The molecule has 0 radical (unpaired) electrons. The van der Waals surface area contributed by atoms with Gasteiger partial charge in [0.1, 0.15) is 5.41 Å². The second-order valence-corrected chi connectivity index (χ2v) is 4.84. The van der Waals surface area contributed by atoms with Crippen molar-refractivity contribution in [2.24, 2.45) is 5.41 Å². The molecule has 1 aromatic rings. The van der Waals surface area contributed by atoms with Crippen LogP contribution in [0.5, 0.6) is 0 Å².